The lowest BCUT2D eigenvalue weighted by molar-refractivity contribution is -0.904. The van der Waals surface area contributed by atoms with Crippen molar-refractivity contribution in [2.24, 2.45) is 7.05 Å². The van der Waals surface area contributed by atoms with Crippen LogP contribution in [0.2, 0.25) is 0 Å². The van der Waals surface area contributed by atoms with Crippen LogP contribution in [0.25, 0.3) is 0 Å². The number of thiazole rings is 1. The number of ether oxygens (including phenoxy) is 1. The van der Waals surface area contributed by atoms with Crippen molar-refractivity contribution in [1.29, 1.82) is 0 Å². The first kappa shape index (κ1) is 54.1. The molecule has 0 aliphatic rings. The Bertz CT molecular complexity index is 1800. The second-order valence-corrected chi connectivity index (χ2v) is 12.0. The highest BCUT2D eigenvalue weighted by molar-refractivity contribution is 7.99. The maximum absolute atomic E-state index is 12.8. The molecule has 0 aliphatic heterocycles. The van der Waals surface area contributed by atoms with E-state index in [1.807, 2.05) is 47.5 Å². The lowest BCUT2D eigenvalue weighted by atomic mass is 10.0. The normalized spacial score (nSPS) is 11.4. The Balaban J connectivity index is 0.000000340. The largest absolute Gasteiger partial charge is 0.564 e. The first-order valence-corrected chi connectivity index (χ1v) is 18.0. The smallest absolute Gasteiger partial charge is 0.524 e. The van der Waals surface area contributed by atoms with Gasteiger partial charge >= 0.3 is 8.25 Å². The van der Waals surface area contributed by atoms with E-state index in [0.717, 1.165) is 15.8 Å². The summed E-state index contributed by atoms with van der Waals surface area (Å²) in [6.07, 6.45) is 5.28. The van der Waals surface area contributed by atoms with E-state index in [9.17, 15) is 14.3 Å². The third-order valence-electron chi connectivity index (χ3n) is 5.41. The molecule has 0 bridgehead atoms. The minimum absolute atomic E-state index is 0.239. The molecule has 41 heteroatoms. The third kappa shape index (κ3) is 25.9. The van der Waals surface area contributed by atoms with Gasteiger partial charge in [-0.1, -0.05) is 37.7 Å². The molecular formula is C23H23N4O34PS2. The summed E-state index contributed by atoms with van der Waals surface area (Å²) < 4.78 is 21.1. The van der Waals surface area contributed by atoms with Gasteiger partial charge in [0.05, 0.1) is 4.67 Å². The second kappa shape index (κ2) is 35.1. The number of aryl methyl sites for hydroxylation is 1. The number of carbonyl (C=O) groups is 1. The van der Waals surface area contributed by atoms with Gasteiger partial charge in [-0.25, -0.2) is 15.2 Å². The minimum Gasteiger partial charge on any atom is -0.564 e. The molecule has 38 nitrogen and oxygen atoms in total. The highest BCUT2D eigenvalue weighted by atomic mass is 32.2. The Hall–Kier alpha value is -4.24. The molecular weight excluding hydrogens is 971 g/mol. The molecule has 2 N–H and O–H groups in total. The molecule has 0 aliphatic carbocycles. The van der Waals surface area contributed by atoms with Gasteiger partial charge in [0.25, 0.3) is 5.91 Å². The summed E-state index contributed by atoms with van der Waals surface area (Å²) in [5.74, 6) is 1.51. The number of rotatable bonds is 36. The van der Waals surface area contributed by atoms with Crippen LogP contribution in [-0.4, -0.2) is 25.7 Å². The van der Waals surface area contributed by atoms with Gasteiger partial charge in [-0.05, 0) is 86.7 Å². The molecule has 4 rings (SSSR count). The van der Waals surface area contributed by atoms with Gasteiger partial charge in [-0.15, -0.1) is 11.3 Å². The summed E-state index contributed by atoms with van der Waals surface area (Å²) in [4.78, 5) is 31.9. The summed E-state index contributed by atoms with van der Waals surface area (Å²) in [6, 6.07) is 13.5. The first-order chi connectivity index (χ1) is 31.2. The van der Waals surface area contributed by atoms with Crippen molar-refractivity contribution in [3.05, 3.63) is 77.6 Å². The van der Waals surface area contributed by atoms with Crippen molar-refractivity contribution in [3.8, 4) is 11.5 Å². The Morgan fingerprint density at radius 2 is 1.17 bits per heavy atom. The van der Waals surface area contributed by atoms with Crippen LogP contribution in [0.5, 0.6) is 11.5 Å². The average Bonchev–Trinajstić information content (AvgIpc) is 3.96. The fraction of sp³-hybridized carbons (Fsp3) is 0.174. The number of hydrogen-bond donors (Lipinski definition) is 2. The molecule has 1 unspecified atom stereocenters. The summed E-state index contributed by atoms with van der Waals surface area (Å²) in [5.41, 5.74) is 1.73. The van der Waals surface area contributed by atoms with Crippen LogP contribution in [-0.2, 0) is 157 Å². The van der Waals surface area contributed by atoms with E-state index < -0.39 is 8.25 Å². The molecule has 356 valence electrons. The number of aromatic nitrogens is 3. The van der Waals surface area contributed by atoms with E-state index in [2.05, 4.69) is 187 Å². The van der Waals surface area contributed by atoms with Crippen LogP contribution in [0.4, 0.5) is 5.13 Å². The first-order valence-electron chi connectivity index (χ1n) is 15.2. The molecule has 0 saturated carbocycles. The van der Waals surface area contributed by atoms with Crippen molar-refractivity contribution in [3.63, 3.8) is 0 Å². The van der Waals surface area contributed by atoms with Gasteiger partial charge in [0.1, 0.15) is 11.5 Å². The van der Waals surface area contributed by atoms with E-state index in [-0.39, 0.29) is 5.91 Å². The number of nitrogens with one attached hydrogen (secondary N) is 1. The molecule has 2 heterocycles. The number of anilines is 1. The van der Waals surface area contributed by atoms with E-state index in [4.69, 9.17) is 9.99 Å². The maximum Gasteiger partial charge on any atom is 0.524 e. The Morgan fingerprint density at radius 1 is 0.688 bits per heavy atom. The topological polar surface area (TPSA) is 397 Å². The molecule has 0 radical (unpaired) electrons. The third-order valence-corrected chi connectivity index (χ3v) is 7.33. The highest BCUT2D eigenvalue weighted by Gasteiger charge is 2.14. The summed E-state index contributed by atoms with van der Waals surface area (Å²) in [5, 5.41) is 109. The van der Waals surface area contributed by atoms with Gasteiger partial charge in [-0.3, -0.25) is 10.1 Å². The van der Waals surface area contributed by atoms with Crippen LogP contribution >= 0.6 is 31.4 Å². The zero-order valence-electron chi connectivity index (χ0n) is 31.0. The van der Waals surface area contributed by atoms with Crippen LogP contribution in [0, 0.1) is 0 Å². The van der Waals surface area contributed by atoms with Crippen LogP contribution < -0.4 is 14.9 Å². The predicted molar refractivity (Wildman–Crippen MR) is 166 cm³/mol. The average molecular weight is 995 g/mol. The minimum atomic E-state index is -3.38. The molecule has 0 fully saturated rings. The van der Waals surface area contributed by atoms with Crippen molar-refractivity contribution >= 4 is 42.4 Å². The second-order valence-electron chi connectivity index (χ2n) is 9.44. The molecule has 1 atom stereocenters. The Morgan fingerprint density at radius 3 is 1.58 bits per heavy atom. The maximum atomic E-state index is 12.8. The van der Waals surface area contributed by atoms with Gasteiger partial charge in [0.2, 0.25) is 0 Å². The lowest BCUT2D eigenvalue weighted by Gasteiger charge is -2.12. The molecule has 2 aromatic carbocycles. The van der Waals surface area contributed by atoms with Crippen LogP contribution in [0.3, 0.4) is 0 Å². The zero-order chi connectivity index (χ0) is 45.9. The van der Waals surface area contributed by atoms with E-state index in [0.29, 0.717) is 22.4 Å². The van der Waals surface area contributed by atoms with Gasteiger partial charge < -0.3 is 14.2 Å². The number of carbonyl (C=O) groups excluding carboxylic acids is 1. The van der Waals surface area contributed by atoms with Gasteiger partial charge in [-0.2, -0.15) is 0 Å². The quantitative estimate of drug-likeness (QED) is 0.0283. The van der Waals surface area contributed by atoms with Crippen molar-refractivity contribution in [1.82, 2.24) is 14.5 Å². The number of imidazole rings is 1. The summed E-state index contributed by atoms with van der Waals surface area (Å²) in [7, 11) is -1.45. The zero-order valence-corrected chi connectivity index (χ0v) is 33.5. The van der Waals surface area contributed by atoms with E-state index >= 15 is 0 Å². The Kier molecular flexibility index (Phi) is 29.6. The molecule has 1 amide bonds. The Labute approximate surface area is 358 Å². The SMILES string of the molecule is CC(C)c1ccc(Oc2cc(Sc3nccn3C)cc(C(=O)Nc3nccs3)c2)cc1.O=[P+]([O-])OOOOOOOOOOOOOOOOOOOOOOOOOOOOOO. The number of benzene rings is 2. The predicted octanol–water partition coefficient (Wildman–Crippen LogP) is 3.77. The van der Waals surface area contributed by atoms with Gasteiger partial charge in [0.15, 0.2) is 10.3 Å². The monoisotopic (exact) mass is 994 g/mol. The summed E-state index contributed by atoms with van der Waals surface area (Å²) >= 11 is 2.84. The highest BCUT2D eigenvalue weighted by Crippen LogP contribution is 2.33. The van der Waals surface area contributed by atoms with Crippen LogP contribution in [0.15, 0.2) is 76.5 Å². The molecule has 0 saturated heterocycles. The number of nitrogens with zero attached hydrogens (tertiary/aromatic N) is 3. The lowest BCUT2D eigenvalue weighted by Crippen LogP contribution is -2.11. The van der Waals surface area contributed by atoms with Crippen LogP contribution in [0.1, 0.15) is 35.7 Å². The van der Waals surface area contributed by atoms with Gasteiger partial charge in [0, 0.05) is 142 Å². The molecule has 64 heavy (non-hydrogen) atoms. The van der Waals surface area contributed by atoms with E-state index in [1.165, 1.54) is 28.7 Å². The summed E-state index contributed by atoms with van der Waals surface area (Å²) in [6.45, 7) is 4.31. The van der Waals surface area contributed by atoms with Crippen molar-refractivity contribution in [2.45, 2.75) is 29.8 Å². The number of hydrogen-bond acceptors (Lipinski definition) is 38. The molecule has 0 spiro atoms. The fourth-order valence-corrected chi connectivity index (χ4v) is 4.71. The standard InChI is InChI=1S/C23H22N4O2S2.HO32P/c1-15(2)16-4-6-18(7-5-16)29-19-12-17(21(28)26-22-24-9-11-30-22)13-20(14-19)31-23-25-8-10-27(23)3;1-4-5-6-7-8-9-10-11-12-13-14-15-16-17-18-19-20-21-22-23-24-25-26-27-28-29-30-31-32-33(2)3/h4-15H,1-3H3,(H,24,26,28);1H. The fourth-order valence-electron chi connectivity index (χ4n) is 3.22. The molecule has 4 aromatic rings. The van der Waals surface area contributed by atoms with Crippen molar-refractivity contribution < 1.29 is 170 Å². The molecule has 2 aromatic heterocycles. The number of amides is 1. The van der Waals surface area contributed by atoms with E-state index in [1.54, 1.807) is 18.5 Å². The van der Waals surface area contributed by atoms with Crippen molar-refractivity contribution in [2.75, 3.05) is 5.32 Å².